The molecular formula is C13H21N3O2. The third-order valence-corrected chi connectivity index (χ3v) is 2.68. The number of ether oxygens (including phenoxy) is 1. The van der Waals surface area contributed by atoms with Gasteiger partial charge in [-0.15, -0.1) is 0 Å². The first kappa shape index (κ1) is 14.4. The maximum atomic E-state index is 11.7. The van der Waals surface area contributed by atoms with E-state index >= 15 is 0 Å². The van der Waals surface area contributed by atoms with Crippen LogP contribution in [0.2, 0.25) is 0 Å². The largest absolute Gasteiger partial charge is 0.482 e. The molecule has 1 aromatic rings. The first-order valence-corrected chi connectivity index (χ1v) is 6.26. The molecule has 1 aromatic heterocycles. The highest BCUT2D eigenvalue weighted by atomic mass is 16.5. The van der Waals surface area contributed by atoms with Crippen molar-refractivity contribution in [3.05, 3.63) is 24.0 Å². The van der Waals surface area contributed by atoms with Crippen LogP contribution in [0.1, 0.15) is 19.5 Å². The van der Waals surface area contributed by atoms with E-state index in [4.69, 9.17) is 10.5 Å². The molecule has 5 heteroatoms. The molecule has 0 aromatic carbocycles. The summed E-state index contributed by atoms with van der Waals surface area (Å²) in [5.41, 5.74) is 6.37. The molecule has 5 nitrogen and oxygen atoms in total. The van der Waals surface area contributed by atoms with E-state index in [9.17, 15) is 4.79 Å². The summed E-state index contributed by atoms with van der Waals surface area (Å²) in [6.45, 7) is 5.93. The smallest absolute Gasteiger partial charge is 0.260 e. The van der Waals surface area contributed by atoms with E-state index < -0.39 is 0 Å². The normalized spacial score (nSPS) is 10.2. The van der Waals surface area contributed by atoms with Crippen LogP contribution in [0.5, 0.6) is 5.75 Å². The zero-order valence-electron chi connectivity index (χ0n) is 11.1. The lowest BCUT2D eigenvalue weighted by Gasteiger charge is -2.18. The molecule has 0 unspecified atom stereocenters. The summed E-state index contributed by atoms with van der Waals surface area (Å²) in [6.07, 6.45) is 2.37. The molecule has 1 amide bonds. The Morgan fingerprint density at radius 2 is 2.11 bits per heavy atom. The lowest BCUT2D eigenvalue weighted by atomic mass is 10.3. The van der Waals surface area contributed by atoms with Gasteiger partial charge in [-0.25, -0.2) is 0 Å². The Balaban J connectivity index is 2.45. The van der Waals surface area contributed by atoms with Crippen LogP contribution in [0.4, 0.5) is 0 Å². The minimum absolute atomic E-state index is 0.00830. The summed E-state index contributed by atoms with van der Waals surface area (Å²) in [5.74, 6) is 0.599. The fourth-order valence-electron chi connectivity index (χ4n) is 1.60. The van der Waals surface area contributed by atoms with Crippen molar-refractivity contribution in [3.63, 3.8) is 0 Å². The van der Waals surface area contributed by atoms with Crippen molar-refractivity contribution in [2.45, 2.75) is 20.3 Å². The van der Waals surface area contributed by atoms with E-state index in [2.05, 4.69) is 4.98 Å². The summed E-state index contributed by atoms with van der Waals surface area (Å²) in [6, 6.07) is 3.68. The first-order valence-electron chi connectivity index (χ1n) is 6.26. The molecule has 1 heterocycles. The lowest BCUT2D eigenvalue weighted by molar-refractivity contribution is -0.132. The number of likely N-dealkylation sites (N-methyl/N-ethyl adjacent to an activating group) is 1. The quantitative estimate of drug-likeness (QED) is 0.779. The SMILES string of the molecule is CCN(CC)C(=O)COc1ccc(CCN)nc1. The predicted octanol–water partition coefficient (Wildman–Crippen LogP) is 0.830. The number of carbonyl (C=O) groups excluding carboxylic acids is 1. The summed E-state index contributed by atoms with van der Waals surface area (Å²) in [4.78, 5) is 17.6. The second kappa shape index (κ2) is 7.66. The van der Waals surface area contributed by atoms with Crippen LogP contribution in [-0.2, 0) is 11.2 Å². The van der Waals surface area contributed by atoms with Gasteiger partial charge in [-0.1, -0.05) is 0 Å². The summed E-state index contributed by atoms with van der Waals surface area (Å²) in [5, 5.41) is 0. The molecule has 0 saturated carbocycles. The Labute approximate surface area is 108 Å². The number of hydrogen-bond acceptors (Lipinski definition) is 4. The van der Waals surface area contributed by atoms with Gasteiger partial charge in [-0.2, -0.15) is 0 Å². The zero-order valence-corrected chi connectivity index (χ0v) is 11.1. The van der Waals surface area contributed by atoms with E-state index in [1.165, 1.54) is 0 Å². The number of nitrogens with zero attached hydrogens (tertiary/aromatic N) is 2. The minimum Gasteiger partial charge on any atom is -0.482 e. The maximum Gasteiger partial charge on any atom is 0.260 e. The fraction of sp³-hybridized carbons (Fsp3) is 0.538. The molecule has 0 spiro atoms. The summed E-state index contributed by atoms with van der Waals surface area (Å²) < 4.78 is 5.40. The topological polar surface area (TPSA) is 68.5 Å². The summed E-state index contributed by atoms with van der Waals surface area (Å²) >= 11 is 0. The molecule has 0 radical (unpaired) electrons. The third-order valence-electron chi connectivity index (χ3n) is 2.68. The van der Waals surface area contributed by atoms with Gasteiger partial charge < -0.3 is 15.4 Å². The van der Waals surface area contributed by atoms with Crippen LogP contribution in [0, 0.1) is 0 Å². The zero-order chi connectivity index (χ0) is 13.4. The molecule has 2 N–H and O–H groups in total. The van der Waals surface area contributed by atoms with Crippen LogP contribution in [0.25, 0.3) is 0 Å². The average molecular weight is 251 g/mol. The lowest BCUT2D eigenvalue weighted by Crippen LogP contribution is -2.34. The Morgan fingerprint density at radius 1 is 1.39 bits per heavy atom. The monoisotopic (exact) mass is 251 g/mol. The molecule has 0 fully saturated rings. The molecule has 0 aliphatic heterocycles. The number of hydrogen-bond donors (Lipinski definition) is 1. The highest BCUT2D eigenvalue weighted by molar-refractivity contribution is 5.77. The molecule has 0 saturated heterocycles. The van der Waals surface area contributed by atoms with Crippen molar-refractivity contribution >= 4 is 5.91 Å². The molecule has 0 atom stereocenters. The number of aromatic nitrogens is 1. The number of nitrogens with two attached hydrogens (primary N) is 1. The first-order chi connectivity index (χ1) is 8.71. The molecule has 100 valence electrons. The Morgan fingerprint density at radius 3 is 2.61 bits per heavy atom. The van der Waals surface area contributed by atoms with Crippen LogP contribution in [-0.4, -0.2) is 42.0 Å². The second-order valence-electron chi connectivity index (χ2n) is 3.88. The maximum absolute atomic E-state index is 11.7. The van der Waals surface area contributed by atoms with Crippen molar-refractivity contribution in [2.75, 3.05) is 26.2 Å². The summed E-state index contributed by atoms with van der Waals surface area (Å²) in [7, 11) is 0. The molecule has 0 aliphatic carbocycles. The van der Waals surface area contributed by atoms with Gasteiger partial charge in [0, 0.05) is 25.2 Å². The number of amides is 1. The fourth-order valence-corrected chi connectivity index (χ4v) is 1.60. The van der Waals surface area contributed by atoms with Crippen molar-refractivity contribution in [1.82, 2.24) is 9.88 Å². The van der Waals surface area contributed by atoms with E-state index in [1.807, 2.05) is 26.0 Å². The van der Waals surface area contributed by atoms with E-state index in [1.54, 1.807) is 11.1 Å². The molecule has 0 bridgehead atoms. The minimum atomic E-state index is -0.00830. The standard InChI is InChI=1S/C13H21N3O2/c1-3-16(4-2)13(17)10-18-12-6-5-11(7-8-14)15-9-12/h5-6,9H,3-4,7-8,10,14H2,1-2H3. The second-order valence-corrected chi connectivity index (χ2v) is 3.88. The number of carbonyl (C=O) groups is 1. The molecular weight excluding hydrogens is 230 g/mol. The van der Waals surface area contributed by atoms with Gasteiger partial charge in [0.1, 0.15) is 5.75 Å². The Kier molecular flexibility index (Phi) is 6.14. The Bertz CT molecular complexity index is 361. The van der Waals surface area contributed by atoms with E-state index in [0.717, 1.165) is 12.1 Å². The van der Waals surface area contributed by atoms with Crippen molar-refractivity contribution in [3.8, 4) is 5.75 Å². The van der Waals surface area contributed by atoms with Gasteiger partial charge in [0.25, 0.3) is 5.91 Å². The van der Waals surface area contributed by atoms with Crippen molar-refractivity contribution in [2.24, 2.45) is 5.73 Å². The van der Waals surface area contributed by atoms with Crippen LogP contribution < -0.4 is 10.5 Å². The van der Waals surface area contributed by atoms with Gasteiger partial charge in [0.2, 0.25) is 0 Å². The van der Waals surface area contributed by atoms with Gasteiger partial charge in [0.15, 0.2) is 6.61 Å². The van der Waals surface area contributed by atoms with Crippen LogP contribution in [0.15, 0.2) is 18.3 Å². The van der Waals surface area contributed by atoms with Gasteiger partial charge in [0.05, 0.1) is 6.20 Å². The number of pyridine rings is 1. The Hall–Kier alpha value is -1.62. The molecule has 18 heavy (non-hydrogen) atoms. The van der Waals surface area contributed by atoms with Crippen LogP contribution >= 0.6 is 0 Å². The van der Waals surface area contributed by atoms with Crippen molar-refractivity contribution in [1.29, 1.82) is 0 Å². The highest BCUT2D eigenvalue weighted by Crippen LogP contribution is 2.09. The van der Waals surface area contributed by atoms with Gasteiger partial charge in [-0.05, 0) is 32.5 Å². The molecule has 1 rings (SSSR count). The van der Waals surface area contributed by atoms with E-state index in [0.29, 0.717) is 25.4 Å². The van der Waals surface area contributed by atoms with Crippen molar-refractivity contribution < 1.29 is 9.53 Å². The highest BCUT2D eigenvalue weighted by Gasteiger charge is 2.09. The molecule has 0 aliphatic rings. The number of rotatable bonds is 7. The third kappa shape index (κ3) is 4.33. The van der Waals surface area contributed by atoms with E-state index in [-0.39, 0.29) is 12.5 Å². The predicted molar refractivity (Wildman–Crippen MR) is 70.4 cm³/mol. The van der Waals surface area contributed by atoms with Crippen LogP contribution in [0.3, 0.4) is 0 Å². The average Bonchev–Trinajstić information content (AvgIpc) is 2.40. The van der Waals surface area contributed by atoms with Gasteiger partial charge in [-0.3, -0.25) is 9.78 Å². The van der Waals surface area contributed by atoms with Gasteiger partial charge >= 0.3 is 0 Å².